The van der Waals surface area contributed by atoms with Crippen LogP contribution in [0.25, 0.3) is 0 Å². The fourth-order valence-electron chi connectivity index (χ4n) is 2.98. The van der Waals surface area contributed by atoms with E-state index in [4.69, 9.17) is 14.0 Å². The molecule has 0 aromatic carbocycles. The van der Waals surface area contributed by atoms with E-state index in [0.717, 1.165) is 36.7 Å². The molecule has 2 heterocycles. The Kier molecular flexibility index (Phi) is 6.01. The highest BCUT2D eigenvalue weighted by atomic mass is 16.6. The van der Waals surface area contributed by atoms with E-state index in [1.165, 1.54) is 4.90 Å². The number of rotatable bonds is 6. The molecule has 0 N–H and O–H groups in total. The van der Waals surface area contributed by atoms with Gasteiger partial charge in [-0.1, -0.05) is 5.16 Å². The van der Waals surface area contributed by atoms with Crippen molar-refractivity contribution in [1.82, 2.24) is 15.0 Å². The number of hydrogen-bond acceptors (Lipinski definition) is 6. The van der Waals surface area contributed by atoms with E-state index in [0.29, 0.717) is 6.61 Å². The van der Waals surface area contributed by atoms with Crippen molar-refractivity contribution in [2.75, 3.05) is 40.4 Å². The Morgan fingerprint density at radius 1 is 1.42 bits per heavy atom. The minimum atomic E-state index is -0.267. The van der Waals surface area contributed by atoms with Crippen molar-refractivity contribution in [3.63, 3.8) is 0 Å². The van der Waals surface area contributed by atoms with Crippen LogP contribution in [0.3, 0.4) is 0 Å². The van der Waals surface area contributed by atoms with E-state index >= 15 is 0 Å². The molecule has 2 rings (SSSR count). The van der Waals surface area contributed by atoms with Crippen molar-refractivity contribution in [3.8, 4) is 0 Å². The van der Waals surface area contributed by atoms with Gasteiger partial charge in [-0.15, -0.1) is 0 Å². The number of aromatic nitrogens is 1. The maximum atomic E-state index is 11.6. The van der Waals surface area contributed by atoms with Gasteiger partial charge in [-0.3, -0.25) is 9.69 Å². The van der Waals surface area contributed by atoms with Crippen LogP contribution in [-0.4, -0.2) is 73.0 Å². The molecule has 1 aliphatic rings. The van der Waals surface area contributed by atoms with Crippen LogP contribution in [0, 0.1) is 13.8 Å². The molecule has 136 valence electrons. The average Bonchev–Trinajstić information content (AvgIpc) is 2.77. The Morgan fingerprint density at radius 2 is 2.12 bits per heavy atom. The summed E-state index contributed by atoms with van der Waals surface area (Å²) in [5.41, 5.74) is 1.80. The third kappa shape index (κ3) is 5.03. The second-order valence-corrected chi connectivity index (χ2v) is 7.28. The van der Waals surface area contributed by atoms with Gasteiger partial charge in [0.05, 0.1) is 24.0 Å². The SMILES string of the molecule is Cc1noc(C)c1CN1CC(COCC(=O)N(C)C)OC(C)(C)C1. The summed E-state index contributed by atoms with van der Waals surface area (Å²) in [5.74, 6) is 0.818. The standard InChI is InChI=1S/C17H29N3O4/c1-12-15(13(2)24-18-12)8-20-7-14(23-17(3,4)11-20)9-22-10-16(21)19(5)6/h14H,7-11H2,1-6H3. The van der Waals surface area contributed by atoms with Crippen LogP contribution in [0.4, 0.5) is 0 Å². The van der Waals surface area contributed by atoms with Gasteiger partial charge in [0, 0.05) is 39.3 Å². The summed E-state index contributed by atoms with van der Waals surface area (Å²) in [5, 5.41) is 4.02. The molecule has 1 aromatic heterocycles. The molecule has 1 aromatic rings. The van der Waals surface area contributed by atoms with E-state index in [-0.39, 0.29) is 24.2 Å². The van der Waals surface area contributed by atoms with Gasteiger partial charge in [0.15, 0.2) is 0 Å². The summed E-state index contributed by atoms with van der Waals surface area (Å²) in [7, 11) is 3.44. The molecule has 0 aliphatic carbocycles. The molecular weight excluding hydrogens is 310 g/mol. The largest absolute Gasteiger partial charge is 0.369 e. The number of nitrogens with zero attached hydrogens (tertiary/aromatic N) is 3. The third-order valence-electron chi connectivity index (χ3n) is 4.14. The number of morpholine rings is 1. The van der Waals surface area contributed by atoms with E-state index in [2.05, 4.69) is 23.9 Å². The number of likely N-dealkylation sites (N-methyl/N-ethyl adjacent to an activating group) is 1. The number of carbonyl (C=O) groups excluding carboxylic acids is 1. The molecule has 7 heteroatoms. The molecule has 7 nitrogen and oxygen atoms in total. The fourth-order valence-corrected chi connectivity index (χ4v) is 2.98. The lowest BCUT2D eigenvalue weighted by Crippen LogP contribution is -2.53. The molecule has 1 amide bonds. The highest BCUT2D eigenvalue weighted by Gasteiger charge is 2.34. The summed E-state index contributed by atoms with van der Waals surface area (Å²) in [4.78, 5) is 15.4. The molecule has 1 unspecified atom stereocenters. The molecule has 1 aliphatic heterocycles. The quantitative estimate of drug-likeness (QED) is 0.780. The zero-order valence-electron chi connectivity index (χ0n) is 15.6. The topological polar surface area (TPSA) is 68.0 Å². The molecule has 1 saturated heterocycles. The summed E-state index contributed by atoms with van der Waals surface area (Å²) < 4.78 is 16.9. The van der Waals surface area contributed by atoms with Gasteiger partial charge in [-0.25, -0.2) is 0 Å². The first-order chi connectivity index (χ1) is 11.2. The van der Waals surface area contributed by atoms with Crippen LogP contribution in [0.1, 0.15) is 30.9 Å². The zero-order valence-corrected chi connectivity index (χ0v) is 15.6. The fraction of sp³-hybridized carbons (Fsp3) is 0.765. The van der Waals surface area contributed by atoms with Crippen molar-refractivity contribution in [1.29, 1.82) is 0 Å². The Bertz CT molecular complexity index is 549. The van der Waals surface area contributed by atoms with Gasteiger partial charge in [0.2, 0.25) is 5.91 Å². The predicted octanol–water partition coefficient (Wildman–Crippen LogP) is 1.38. The van der Waals surface area contributed by atoms with Crippen LogP contribution >= 0.6 is 0 Å². The first-order valence-corrected chi connectivity index (χ1v) is 8.28. The maximum absolute atomic E-state index is 11.6. The molecule has 0 saturated carbocycles. The Morgan fingerprint density at radius 3 is 2.71 bits per heavy atom. The molecule has 0 radical (unpaired) electrons. The normalized spacial score (nSPS) is 21.0. The minimum Gasteiger partial charge on any atom is -0.369 e. The van der Waals surface area contributed by atoms with Gasteiger partial charge in [-0.05, 0) is 27.7 Å². The highest BCUT2D eigenvalue weighted by molar-refractivity contribution is 5.76. The van der Waals surface area contributed by atoms with Crippen molar-refractivity contribution < 1.29 is 18.8 Å². The monoisotopic (exact) mass is 339 g/mol. The van der Waals surface area contributed by atoms with Crippen LogP contribution in [0.15, 0.2) is 4.52 Å². The molecule has 0 spiro atoms. The number of hydrogen-bond donors (Lipinski definition) is 0. The van der Waals surface area contributed by atoms with Crippen molar-refractivity contribution in [2.24, 2.45) is 0 Å². The Labute approximate surface area is 143 Å². The lowest BCUT2D eigenvalue weighted by Gasteiger charge is -2.42. The average molecular weight is 339 g/mol. The van der Waals surface area contributed by atoms with Crippen LogP contribution in [0.2, 0.25) is 0 Å². The molecule has 1 fully saturated rings. The summed E-state index contributed by atoms with van der Waals surface area (Å²) >= 11 is 0. The van der Waals surface area contributed by atoms with Gasteiger partial charge in [0.1, 0.15) is 12.4 Å². The molecule has 24 heavy (non-hydrogen) atoms. The molecule has 1 atom stereocenters. The number of aryl methyl sites for hydroxylation is 2. The van der Waals surface area contributed by atoms with Crippen molar-refractivity contribution in [2.45, 2.75) is 45.9 Å². The second kappa shape index (κ2) is 7.63. The number of ether oxygens (including phenoxy) is 2. The molecular formula is C17H29N3O4. The van der Waals surface area contributed by atoms with E-state index < -0.39 is 0 Å². The second-order valence-electron chi connectivity index (χ2n) is 7.28. The number of amides is 1. The predicted molar refractivity (Wildman–Crippen MR) is 89.7 cm³/mol. The summed E-state index contributed by atoms with van der Waals surface area (Å²) in [6, 6.07) is 0. The van der Waals surface area contributed by atoms with E-state index in [1.54, 1.807) is 14.1 Å². The van der Waals surface area contributed by atoms with Gasteiger partial charge in [-0.2, -0.15) is 0 Å². The smallest absolute Gasteiger partial charge is 0.248 e. The van der Waals surface area contributed by atoms with E-state index in [9.17, 15) is 4.79 Å². The zero-order chi connectivity index (χ0) is 17.9. The van der Waals surface area contributed by atoms with Crippen LogP contribution in [-0.2, 0) is 20.8 Å². The third-order valence-corrected chi connectivity index (χ3v) is 4.14. The Hall–Kier alpha value is -1.44. The Balaban J connectivity index is 1.93. The number of carbonyl (C=O) groups is 1. The van der Waals surface area contributed by atoms with Crippen molar-refractivity contribution >= 4 is 5.91 Å². The molecule has 0 bridgehead atoms. The lowest BCUT2D eigenvalue weighted by atomic mass is 10.0. The summed E-state index contributed by atoms with van der Waals surface area (Å²) in [6.07, 6.45) is -0.0656. The van der Waals surface area contributed by atoms with Gasteiger partial charge >= 0.3 is 0 Å². The van der Waals surface area contributed by atoms with E-state index in [1.807, 2.05) is 13.8 Å². The van der Waals surface area contributed by atoms with Gasteiger partial charge in [0.25, 0.3) is 0 Å². The first kappa shape index (κ1) is 18.9. The minimum absolute atomic E-state index is 0.0438. The van der Waals surface area contributed by atoms with Gasteiger partial charge < -0.3 is 18.9 Å². The maximum Gasteiger partial charge on any atom is 0.248 e. The summed E-state index contributed by atoms with van der Waals surface area (Å²) in [6.45, 7) is 10.9. The van der Waals surface area contributed by atoms with Crippen LogP contribution < -0.4 is 0 Å². The lowest BCUT2D eigenvalue weighted by molar-refractivity contribution is -0.161. The van der Waals surface area contributed by atoms with Crippen LogP contribution in [0.5, 0.6) is 0 Å². The first-order valence-electron chi connectivity index (χ1n) is 8.28. The van der Waals surface area contributed by atoms with Crippen molar-refractivity contribution in [3.05, 3.63) is 17.0 Å². The highest BCUT2D eigenvalue weighted by Crippen LogP contribution is 2.24.